The Morgan fingerprint density at radius 1 is 0.833 bits per heavy atom. The number of anilines is 2. The molecule has 1 aromatic carbocycles. The number of rotatable bonds is 4. The lowest BCUT2D eigenvalue weighted by atomic mass is 10.2. The van der Waals surface area contributed by atoms with Crippen molar-refractivity contribution in [2.24, 2.45) is 0 Å². The summed E-state index contributed by atoms with van der Waals surface area (Å²) in [6.45, 7) is 0. The van der Waals surface area contributed by atoms with Crippen molar-refractivity contribution in [1.29, 1.82) is 0 Å². The third-order valence-electron chi connectivity index (χ3n) is 2.43. The molecule has 0 aromatic heterocycles. The van der Waals surface area contributed by atoms with Gasteiger partial charge in [0, 0.05) is 28.2 Å². The minimum atomic E-state index is -0.623. The van der Waals surface area contributed by atoms with Crippen LogP contribution in [0.25, 0.3) is 0 Å². The number of nitro groups is 2. The lowest BCUT2D eigenvalue weighted by Crippen LogP contribution is -2.15. The third kappa shape index (κ3) is 2.47. The van der Waals surface area contributed by atoms with E-state index in [2.05, 4.69) is 0 Å². The fourth-order valence-electron chi connectivity index (χ4n) is 1.56. The van der Waals surface area contributed by atoms with Crippen molar-refractivity contribution in [3.63, 3.8) is 0 Å². The maximum Gasteiger partial charge on any atom is 0.299 e. The van der Waals surface area contributed by atoms with Gasteiger partial charge in [0.2, 0.25) is 0 Å². The molecule has 0 heterocycles. The van der Waals surface area contributed by atoms with Crippen molar-refractivity contribution in [3.05, 3.63) is 32.4 Å². The number of nitro benzene ring substituents is 2. The van der Waals surface area contributed by atoms with E-state index in [1.54, 1.807) is 38.0 Å². The minimum absolute atomic E-state index is 0.280. The Kier molecular flexibility index (Phi) is 3.70. The molecule has 0 fully saturated rings. The molecule has 0 radical (unpaired) electrons. The van der Waals surface area contributed by atoms with E-state index in [-0.39, 0.29) is 11.4 Å². The molecule has 98 valence electrons. The number of benzene rings is 1. The highest BCUT2D eigenvalue weighted by molar-refractivity contribution is 5.77. The molecule has 0 atom stereocenters. The molecule has 1 aromatic rings. The predicted octanol–water partition coefficient (Wildman–Crippen LogP) is 1.63. The van der Waals surface area contributed by atoms with E-state index in [1.807, 2.05) is 0 Å². The summed E-state index contributed by atoms with van der Waals surface area (Å²) in [5.74, 6) is 0. The molecule has 0 saturated carbocycles. The predicted molar refractivity (Wildman–Crippen MR) is 68.4 cm³/mol. The normalized spacial score (nSPS) is 10.0. The number of nitrogens with zero attached hydrogens (tertiary/aromatic N) is 4. The van der Waals surface area contributed by atoms with Crippen LogP contribution in [-0.4, -0.2) is 38.0 Å². The SMILES string of the molecule is CN(C)c1cc(N(C)C)c([N+](=O)[O-])cc1[N+](=O)[O-]. The topological polar surface area (TPSA) is 92.8 Å². The van der Waals surface area contributed by atoms with Crippen LogP contribution in [0.3, 0.4) is 0 Å². The summed E-state index contributed by atoms with van der Waals surface area (Å²) in [7, 11) is 6.59. The fraction of sp³-hybridized carbons (Fsp3) is 0.400. The van der Waals surface area contributed by atoms with E-state index >= 15 is 0 Å². The van der Waals surface area contributed by atoms with Crippen molar-refractivity contribution < 1.29 is 9.85 Å². The zero-order chi connectivity index (χ0) is 14.0. The van der Waals surface area contributed by atoms with Gasteiger partial charge in [0.25, 0.3) is 11.4 Å². The summed E-state index contributed by atoms with van der Waals surface area (Å²) in [4.78, 5) is 23.7. The maximum atomic E-state index is 10.9. The van der Waals surface area contributed by atoms with Gasteiger partial charge in [-0.3, -0.25) is 20.2 Å². The zero-order valence-electron chi connectivity index (χ0n) is 10.6. The Morgan fingerprint density at radius 2 is 1.17 bits per heavy atom. The van der Waals surface area contributed by atoms with Gasteiger partial charge in [-0.2, -0.15) is 0 Å². The van der Waals surface area contributed by atoms with Crippen molar-refractivity contribution in [2.45, 2.75) is 0 Å². The van der Waals surface area contributed by atoms with Crippen LogP contribution in [0.2, 0.25) is 0 Å². The molecule has 0 unspecified atom stereocenters. The molecule has 8 heteroatoms. The molecule has 0 saturated heterocycles. The summed E-state index contributed by atoms with van der Waals surface area (Å²) in [6, 6.07) is 2.43. The minimum Gasteiger partial charge on any atom is -0.372 e. The summed E-state index contributed by atoms with van der Waals surface area (Å²) in [5.41, 5.74) is 0.0956. The molecule has 18 heavy (non-hydrogen) atoms. The quantitative estimate of drug-likeness (QED) is 0.599. The largest absolute Gasteiger partial charge is 0.372 e. The summed E-state index contributed by atoms with van der Waals surface area (Å²) in [5, 5.41) is 21.8. The van der Waals surface area contributed by atoms with Gasteiger partial charge in [-0.25, -0.2) is 0 Å². The van der Waals surface area contributed by atoms with Gasteiger partial charge in [0.05, 0.1) is 15.9 Å². The second-order valence-electron chi connectivity index (χ2n) is 4.13. The monoisotopic (exact) mass is 254 g/mol. The molecule has 0 amide bonds. The first-order valence-electron chi connectivity index (χ1n) is 5.07. The van der Waals surface area contributed by atoms with E-state index in [4.69, 9.17) is 0 Å². The van der Waals surface area contributed by atoms with Crippen molar-refractivity contribution in [2.75, 3.05) is 38.0 Å². The number of hydrogen-bond donors (Lipinski definition) is 0. The Bertz CT molecular complexity index is 458. The smallest absolute Gasteiger partial charge is 0.299 e. The molecule has 8 nitrogen and oxygen atoms in total. The second-order valence-corrected chi connectivity index (χ2v) is 4.13. The molecule has 0 spiro atoms. The van der Waals surface area contributed by atoms with Gasteiger partial charge < -0.3 is 9.80 Å². The van der Waals surface area contributed by atoms with Gasteiger partial charge in [-0.15, -0.1) is 0 Å². The van der Waals surface area contributed by atoms with E-state index in [0.29, 0.717) is 11.4 Å². The Balaban J connectivity index is 3.60. The Hall–Kier alpha value is -2.38. The van der Waals surface area contributed by atoms with Crippen molar-refractivity contribution in [3.8, 4) is 0 Å². The molecular formula is C10H14N4O4. The van der Waals surface area contributed by atoms with Gasteiger partial charge in [-0.1, -0.05) is 0 Å². The van der Waals surface area contributed by atoms with Crippen molar-refractivity contribution in [1.82, 2.24) is 0 Å². The molecule has 1 rings (SSSR count). The molecule has 0 bridgehead atoms. The second kappa shape index (κ2) is 4.86. The van der Waals surface area contributed by atoms with E-state index < -0.39 is 9.85 Å². The van der Waals surface area contributed by atoms with E-state index in [1.165, 1.54) is 6.07 Å². The molecular weight excluding hydrogens is 240 g/mol. The zero-order valence-corrected chi connectivity index (χ0v) is 10.6. The van der Waals surface area contributed by atoms with E-state index in [9.17, 15) is 20.2 Å². The summed E-state index contributed by atoms with van der Waals surface area (Å²) >= 11 is 0. The fourth-order valence-corrected chi connectivity index (χ4v) is 1.56. The van der Waals surface area contributed by atoms with Gasteiger partial charge in [0.15, 0.2) is 0 Å². The first kappa shape index (κ1) is 13.7. The molecule has 0 N–H and O–H groups in total. The average molecular weight is 254 g/mol. The van der Waals surface area contributed by atoms with Gasteiger partial charge in [0.1, 0.15) is 11.4 Å². The Morgan fingerprint density at radius 3 is 1.39 bits per heavy atom. The van der Waals surface area contributed by atoms with Crippen LogP contribution in [0.5, 0.6) is 0 Å². The molecule has 0 aliphatic heterocycles. The van der Waals surface area contributed by atoms with Crippen molar-refractivity contribution >= 4 is 22.7 Å². The van der Waals surface area contributed by atoms with Crippen LogP contribution < -0.4 is 9.80 Å². The van der Waals surface area contributed by atoms with Crippen LogP contribution >= 0.6 is 0 Å². The first-order valence-corrected chi connectivity index (χ1v) is 5.07. The van der Waals surface area contributed by atoms with Gasteiger partial charge in [-0.05, 0) is 6.07 Å². The molecule has 0 aliphatic carbocycles. The maximum absolute atomic E-state index is 10.9. The standard InChI is InChI=1S/C10H14N4O4/c1-11(2)7-5-8(12(3)4)10(14(17)18)6-9(7)13(15)16/h5-6H,1-4H3. The Labute approximate surface area is 104 Å². The number of hydrogen-bond acceptors (Lipinski definition) is 6. The lowest BCUT2D eigenvalue weighted by Gasteiger charge is -2.17. The van der Waals surface area contributed by atoms with Crippen LogP contribution in [0.4, 0.5) is 22.7 Å². The summed E-state index contributed by atoms with van der Waals surface area (Å²) < 4.78 is 0. The van der Waals surface area contributed by atoms with E-state index in [0.717, 1.165) is 6.07 Å². The average Bonchev–Trinajstić information content (AvgIpc) is 2.26. The van der Waals surface area contributed by atoms with Gasteiger partial charge >= 0.3 is 0 Å². The highest BCUT2D eigenvalue weighted by Gasteiger charge is 2.26. The van der Waals surface area contributed by atoms with Crippen LogP contribution in [-0.2, 0) is 0 Å². The van der Waals surface area contributed by atoms with Crippen LogP contribution in [0, 0.1) is 20.2 Å². The highest BCUT2D eigenvalue weighted by atomic mass is 16.6. The van der Waals surface area contributed by atoms with Crippen LogP contribution in [0.15, 0.2) is 12.1 Å². The molecule has 0 aliphatic rings. The highest BCUT2D eigenvalue weighted by Crippen LogP contribution is 2.38. The first-order chi connectivity index (χ1) is 8.25. The van der Waals surface area contributed by atoms with Crippen LogP contribution in [0.1, 0.15) is 0 Å². The lowest BCUT2D eigenvalue weighted by molar-refractivity contribution is -0.393. The summed E-state index contributed by atoms with van der Waals surface area (Å²) in [6.07, 6.45) is 0. The third-order valence-corrected chi connectivity index (χ3v) is 2.43.